The number of hydrogen-bond acceptors (Lipinski definition) is 3. The van der Waals surface area contributed by atoms with E-state index in [4.69, 9.17) is 4.42 Å². The van der Waals surface area contributed by atoms with Crippen LogP contribution in [0.2, 0.25) is 0 Å². The lowest BCUT2D eigenvalue weighted by atomic mass is 10.1. The molecule has 0 atom stereocenters. The lowest BCUT2D eigenvalue weighted by molar-refractivity contribution is -0.136. The van der Waals surface area contributed by atoms with Crippen LogP contribution in [0.1, 0.15) is 42.8 Å². The molecule has 0 unspecified atom stereocenters. The smallest absolute Gasteiger partial charge is 0.418 e. The molecule has 1 aromatic carbocycles. The van der Waals surface area contributed by atoms with E-state index in [1.165, 1.54) is 24.5 Å². The number of hydrogen-bond donors (Lipinski definition) is 3. The minimum Gasteiger partial charge on any atom is -0.459 e. The largest absolute Gasteiger partial charge is 0.459 e. The topological polar surface area (TPSA) is 83.4 Å². The fraction of sp³-hybridized carbons (Fsp3) is 0.368. The first kappa shape index (κ1) is 21.3. The van der Waals surface area contributed by atoms with Crippen LogP contribution in [0.3, 0.4) is 0 Å². The first-order valence-corrected chi connectivity index (χ1v) is 8.77. The molecule has 0 aliphatic heterocycles. The van der Waals surface area contributed by atoms with Crippen LogP contribution >= 0.6 is 0 Å². The van der Waals surface area contributed by atoms with Crippen LogP contribution in [-0.2, 0) is 6.18 Å². The molecule has 0 saturated heterocycles. The monoisotopic (exact) mass is 397 g/mol. The normalized spacial score (nSPS) is 11.4. The van der Waals surface area contributed by atoms with Gasteiger partial charge < -0.3 is 20.4 Å². The zero-order valence-electron chi connectivity index (χ0n) is 15.5. The summed E-state index contributed by atoms with van der Waals surface area (Å²) in [6, 6.07) is 5.28. The number of rotatable bonds is 7. The molecule has 0 spiro atoms. The van der Waals surface area contributed by atoms with Gasteiger partial charge in [-0.1, -0.05) is 13.8 Å². The van der Waals surface area contributed by atoms with E-state index in [0.717, 1.165) is 25.0 Å². The van der Waals surface area contributed by atoms with Crippen molar-refractivity contribution >= 4 is 23.3 Å². The molecule has 3 N–H and O–H groups in total. The second-order valence-electron chi connectivity index (χ2n) is 6.61. The van der Waals surface area contributed by atoms with Crippen LogP contribution < -0.4 is 16.0 Å². The number of anilines is 2. The lowest BCUT2D eigenvalue weighted by Gasteiger charge is -2.16. The van der Waals surface area contributed by atoms with Crippen LogP contribution in [-0.4, -0.2) is 18.5 Å². The van der Waals surface area contributed by atoms with E-state index >= 15 is 0 Å². The second-order valence-corrected chi connectivity index (χ2v) is 6.61. The maximum Gasteiger partial charge on any atom is 0.418 e. The van der Waals surface area contributed by atoms with Gasteiger partial charge in [-0.3, -0.25) is 4.79 Å². The zero-order valence-corrected chi connectivity index (χ0v) is 15.5. The van der Waals surface area contributed by atoms with E-state index in [-0.39, 0.29) is 11.4 Å². The Morgan fingerprint density at radius 1 is 1.14 bits per heavy atom. The Labute approximate surface area is 160 Å². The summed E-state index contributed by atoms with van der Waals surface area (Å²) in [5.74, 6) is -0.233. The predicted octanol–water partition coefficient (Wildman–Crippen LogP) is 5.11. The molecule has 0 saturated carbocycles. The lowest BCUT2D eigenvalue weighted by Crippen LogP contribution is -2.30. The molecule has 1 heterocycles. The van der Waals surface area contributed by atoms with Gasteiger partial charge in [0.2, 0.25) is 0 Å². The predicted molar refractivity (Wildman–Crippen MR) is 99.2 cm³/mol. The highest BCUT2D eigenvalue weighted by molar-refractivity contribution is 6.02. The summed E-state index contributed by atoms with van der Waals surface area (Å²) >= 11 is 0. The molecule has 0 radical (unpaired) electrons. The molecular weight excluding hydrogens is 375 g/mol. The molecule has 1 aromatic heterocycles. The molecule has 6 nitrogen and oxygen atoms in total. The Morgan fingerprint density at radius 2 is 1.89 bits per heavy atom. The van der Waals surface area contributed by atoms with E-state index in [9.17, 15) is 22.8 Å². The molecule has 2 rings (SSSR count). The number of amides is 3. The number of benzene rings is 1. The Hall–Kier alpha value is -2.97. The van der Waals surface area contributed by atoms with E-state index in [1.807, 2.05) is 13.8 Å². The summed E-state index contributed by atoms with van der Waals surface area (Å²) in [7, 11) is 0. The van der Waals surface area contributed by atoms with Gasteiger partial charge in [-0.25, -0.2) is 4.79 Å². The molecule has 28 heavy (non-hydrogen) atoms. The van der Waals surface area contributed by atoms with Crippen LogP contribution in [0, 0.1) is 5.92 Å². The first-order chi connectivity index (χ1) is 13.2. The van der Waals surface area contributed by atoms with Crippen LogP contribution in [0.5, 0.6) is 0 Å². The average molecular weight is 397 g/mol. The van der Waals surface area contributed by atoms with Crippen molar-refractivity contribution in [2.24, 2.45) is 5.92 Å². The van der Waals surface area contributed by atoms with E-state index in [2.05, 4.69) is 16.0 Å². The van der Waals surface area contributed by atoms with Gasteiger partial charge in [0.15, 0.2) is 5.76 Å². The van der Waals surface area contributed by atoms with Crippen molar-refractivity contribution in [2.75, 3.05) is 17.2 Å². The van der Waals surface area contributed by atoms with Crippen molar-refractivity contribution in [2.45, 2.75) is 32.9 Å². The third-order valence-corrected chi connectivity index (χ3v) is 3.82. The molecule has 0 bridgehead atoms. The van der Waals surface area contributed by atoms with Crippen LogP contribution in [0.25, 0.3) is 0 Å². The number of alkyl halides is 3. The minimum absolute atomic E-state index is 0.0310. The van der Waals surface area contributed by atoms with Gasteiger partial charge in [0.1, 0.15) is 0 Å². The highest BCUT2D eigenvalue weighted by Gasteiger charge is 2.34. The Morgan fingerprint density at radius 3 is 2.50 bits per heavy atom. The van der Waals surface area contributed by atoms with Crippen molar-refractivity contribution in [3.05, 3.63) is 47.9 Å². The van der Waals surface area contributed by atoms with Gasteiger partial charge >= 0.3 is 12.2 Å². The Kier molecular flexibility index (Phi) is 7.08. The maximum absolute atomic E-state index is 13.4. The first-order valence-electron chi connectivity index (χ1n) is 8.77. The number of furan rings is 1. The molecule has 0 aliphatic rings. The number of carbonyl (C=O) groups is 2. The number of halogens is 3. The third kappa shape index (κ3) is 6.33. The van der Waals surface area contributed by atoms with Crippen LogP contribution in [0.4, 0.5) is 29.3 Å². The molecule has 2 aromatic rings. The standard InChI is InChI=1S/C19H22F3N3O3/c1-12(2)5-3-9-23-18(27)25-15-8-7-13(11-14(15)19(20,21)22)24-17(26)16-6-4-10-28-16/h4,6-8,10-12H,3,5,9H2,1-2H3,(H,24,26)(H2,23,25,27). The van der Waals surface area contributed by atoms with Gasteiger partial charge in [0, 0.05) is 12.2 Å². The van der Waals surface area contributed by atoms with Gasteiger partial charge in [-0.05, 0) is 49.1 Å². The fourth-order valence-electron chi connectivity index (χ4n) is 2.44. The molecule has 3 amide bonds. The summed E-state index contributed by atoms with van der Waals surface area (Å²) in [5, 5.41) is 7.07. The molecule has 9 heteroatoms. The van der Waals surface area contributed by atoms with Gasteiger partial charge in [-0.15, -0.1) is 0 Å². The van der Waals surface area contributed by atoms with Crippen LogP contribution in [0.15, 0.2) is 41.0 Å². The number of urea groups is 1. The van der Waals surface area contributed by atoms with E-state index < -0.39 is 29.4 Å². The van der Waals surface area contributed by atoms with Crippen molar-refractivity contribution in [3.63, 3.8) is 0 Å². The highest BCUT2D eigenvalue weighted by Crippen LogP contribution is 2.36. The summed E-state index contributed by atoms with van der Waals surface area (Å²) in [4.78, 5) is 23.8. The quantitative estimate of drug-likeness (QED) is 0.568. The number of carbonyl (C=O) groups excluding carboxylic acids is 2. The third-order valence-electron chi connectivity index (χ3n) is 3.82. The fourth-order valence-corrected chi connectivity index (χ4v) is 2.44. The minimum atomic E-state index is -4.72. The van der Waals surface area contributed by atoms with Crippen molar-refractivity contribution in [1.82, 2.24) is 5.32 Å². The second kappa shape index (κ2) is 9.29. The SMILES string of the molecule is CC(C)CCCNC(=O)Nc1ccc(NC(=O)c2ccco2)cc1C(F)(F)F. The summed E-state index contributed by atoms with van der Waals surface area (Å²) < 4.78 is 45.0. The van der Waals surface area contributed by atoms with Gasteiger partial charge in [0.05, 0.1) is 17.5 Å². The van der Waals surface area contributed by atoms with E-state index in [1.54, 1.807) is 0 Å². The van der Waals surface area contributed by atoms with E-state index in [0.29, 0.717) is 12.5 Å². The Balaban J connectivity index is 2.07. The molecule has 152 valence electrons. The summed E-state index contributed by atoms with van der Waals surface area (Å²) in [6.45, 7) is 4.45. The zero-order chi connectivity index (χ0) is 20.7. The Bertz CT molecular complexity index is 802. The maximum atomic E-state index is 13.4. The molecule has 0 fully saturated rings. The van der Waals surface area contributed by atoms with Crippen molar-refractivity contribution < 1.29 is 27.2 Å². The van der Waals surface area contributed by atoms with Gasteiger partial charge in [-0.2, -0.15) is 13.2 Å². The van der Waals surface area contributed by atoms with Gasteiger partial charge in [0.25, 0.3) is 5.91 Å². The summed E-state index contributed by atoms with van der Waals surface area (Å²) in [6.07, 6.45) is -1.80. The highest BCUT2D eigenvalue weighted by atomic mass is 19.4. The van der Waals surface area contributed by atoms with Crippen molar-refractivity contribution in [1.29, 1.82) is 0 Å². The average Bonchev–Trinajstić information content (AvgIpc) is 3.14. The molecule has 0 aliphatic carbocycles. The molecular formula is C19H22F3N3O3. The number of nitrogens with one attached hydrogen (secondary N) is 3. The van der Waals surface area contributed by atoms with Crippen molar-refractivity contribution in [3.8, 4) is 0 Å². The summed E-state index contributed by atoms with van der Waals surface area (Å²) in [5.41, 5.74) is -1.54.